The van der Waals surface area contributed by atoms with Gasteiger partial charge < -0.3 is 47.7 Å². The Labute approximate surface area is 308 Å². The number of nitrogens with one attached hydrogen (secondary N) is 2. The van der Waals surface area contributed by atoms with Crippen LogP contribution in [-0.2, 0) is 45.9 Å². The molecule has 0 aromatic heterocycles. The first-order valence-corrected chi connectivity index (χ1v) is 18.2. The minimum absolute atomic E-state index is 0.133. The van der Waals surface area contributed by atoms with Crippen LogP contribution in [0.2, 0.25) is 0 Å². The number of amides is 4. The molecule has 2 aromatic carbocycles. The molecular formula is C36H52N6O9S. The number of primary amides is 1. The molecule has 1 heterocycles. The van der Waals surface area contributed by atoms with Gasteiger partial charge in [-0.05, 0) is 36.8 Å². The molecule has 0 saturated carbocycles. The number of likely N-dealkylation sites (tertiary alicyclic amines) is 1. The molecule has 52 heavy (non-hydrogen) atoms. The van der Waals surface area contributed by atoms with E-state index in [1.165, 1.54) is 10.5 Å². The first-order valence-electron chi connectivity index (χ1n) is 17.1. The standard InChI is InChI=1S/C21H32N4O6.C15H20N2O3S/c1-4-12(2)17(23)19(27)25-18(13(3)31-11-14-8-6-5-7-9-14)20(28)24-15(21(29)30)10-16(22)26;16-12(10-21-9-11-5-2-1-3-6-11)14(18)17-8-4-7-13(17)15(19)20/h5-9,12-13,15,17-18H,4,10-11,23H2,1-3H3,(H2,22,26)(H,24,28)(H,25,27)(H,29,30);1-3,5-6,12-13H,4,7-10,16H2,(H,19,20)/t;12?,13-/m.0/s1. The SMILES string of the molecule is CCC(C)C(N)C(=O)NC(C(=O)NC(CC(N)=O)C(=O)O)C(C)OCc1ccccc1.NC(CSCc1ccccc1)C(=O)N1CCC[C@H]1C(=O)O. The van der Waals surface area contributed by atoms with Crippen LogP contribution in [-0.4, -0.2) is 99.3 Å². The number of carboxylic acids is 2. The Balaban J connectivity index is 0.000000386. The molecule has 6 unspecified atom stereocenters. The third kappa shape index (κ3) is 14.6. The van der Waals surface area contributed by atoms with Gasteiger partial charge in [-0.3, -0.25) is 19.2 Å². The summed E-state index contributed by atoms with van der Waals surface area (Å²) in [6.07, 6.45) is 0.493. The molecule has 3 rings (SSSR count). The number of rotatable bonds is 19. The molecule has 16 heteroatoms. The van der Waals surface area contributed by atoms with E-state index in [0.717, 1.165) is 17.7 Å². The molecule has 15 nitrogen and oxygen atoms in total. The van der Waals surface area contributed by atoms with Gasteiger partial charge in [0.2, 0.25) is 23.6 Å². The second kappa shape index (κ2) is 22.4. The van der Waals surface area contributed by atoms with Gasteiger partial charge >= 0.3 is 11.9 Å². The van der Waals surface area contributed by atoms with Crippen LogP contribution >= 0.6 is 11.8 Å². The third-order valence-corrected chi connectivity index (χ3v) is 9.66. The predicted octanol–water partition coefficient (Wildman–Crippen LogP) is 1.22. The lowest BCUT2D eigenvalue weighted by Crippen LogP contribution is -2.59. The maximum Gasteiger partial charge on any atom is 0.326 e. The molecular weight excluding hydrogens is 692 g/mol. The second-order valence-corrected chi connectivity index (χ2v) is 13.6. The molecule has 1 fully saturated rings. The number of nitrogens with zero attached hydrogens (tertiary/aromatic N) is 1. The minimum atomic E-state index is -1.53. The molecule has 10 N–H and O–H groups in total. The van der Waals surface area contributed by atoms with E-state index < -0.39 is 72.4 Å². The molecule has 0 aliphatic carbocycles. The van der Waals surface area contributed by atoms with Gasteiger partial charge in [-0.1, -0.05) is 80.9 Å². The first-order chi connectivity index (χ1) is 24.7. The summed E-state index contributed by atoms with van der Waals surface area (Å²) in [5, 5.41) is 23.2. The van der Waals surface area contributed by atoms with E-state index in [-0.39, 0.29) is 18.4 Å². The van der Waals surface area contributed by atoms with E-state index in [9.17, 15) is 33.9 Å². The number of ether oxygens (including phenoxy) is 1. The van der Waals surface area contributed by atoms with Crippen molar-refractivity contribution in [3.8, 4) is 0 Å². The summed E-state index contributed by atoms with van der Waals surface area (Å²) in [4.78, 5) is 72.6. The number of hydrogen-bond acceptors (Lipinski definition) is 10. The second-order valence-electron chi connectivity index (χ2n) is 12.6. The number of hydrogen-bond donors (Lipinski definition) is 7. The summed E-state index contributed by atoms with van der Waals surface area (Å²) >= 11 is 1.59. The molecule has 4 amide bonds. The number of benzene rings is 2. The molecule has 286 valence electrons. The third-order valence-electron chi connectivity index (χ3n) is 8.53. The van der Waals surface area contributed by atoms with Gasteiger partial charge in [-0.25, -0.2) is 9.59 Å². The maximum atomic E-state index is 12.8. The van der Waals surface area contributed by atoms with Crippen LogP contribution in [0.1, 0.15) is 57.6 Å². The predicted molar refractivity (Wildman–Crippen MR) is 196 cm³/mol. The van der Waals surface area contributed by atoms with Crippen molar-refractivity contribution in [2.75, 3.05) is 12.3 Å². The lowest BCUT2D eigenvalue weighted by Gasteiger charge is -2.28. The van der Waals surface area contributed by atoms with Crippen LogP contribution in [0.15, 0.2) is 60.7 Å². The highest BCUT2D eigenvalue weighted by molar-refractivity contribution is 7.98. The largest absolute Gasteiger partial charge is 0.480 e. The molecule has 2 aromatic rings. The molecule has 0 spiro atoms. The Hall–Kier alpha value is -4.51. The fourth-order valence-electron chi connectivity index (χ4n) is 5.17. The van der Waals surface area contributed by atoms with Gasteiger partial charge in [-0.2, -0.15) is 11.8 Å². The lowest BCUT2D eigenvalue weighted by atomic mass is 9.98. The molecule has 0 bridgehead atoms. The van der Waals surface area contributed by atoms with Crippen LogP contribution in [0.4, 0.5) is 0 Å². The van der Waals surface area contributed by atoms with Gasteiger partial charge in [0.15, 0.2) is 0 Å². The zero-order valence-electron chi connectivity index (χ0n) is 29.8. The lowest BCUT2D eigenvalue weighted by molar-refractivity contribution is -0.148. The average Bonchev–Trinajstić information content (AvgIpc) is 3.63. The number of carbonyl (C=O) groups excluding carboxylic acids is 4. The van der Waals surface area contributed by atoms with Crippen molar-refractivity contribution in [3.05, 3.63) is 71.8 Å². The van der Waals surface area contributed by atoms with Crippen molar-refractivity contribution in [2.24, 2.45) is 23.1 Å². The van der Waals surface area contributed by atoms with E-state index in [4.69, 9.17) is 27.0 Å². The summed E-state index contributed by atoms with van der Waals surface area (Å²) in [6.45, 7) is 5.93. The number of carbonyl (C=O) groups is 6. The van der Waals surface area contributed by atoms with Gasteiger partial charge in [0.25, 0.3) is 0 Å². The van der Waals surface area contributed by atoms with Crippen LogP contribution in [0.3, 0.4) is 0 Å². The van der Waals surface area contributed by atoms with Crippen molar-refractivity contribution in [1.29, 1.82) is 0 Å². The Morgan fingerprint density at radius 1 is 0.923 bits per heavy atom. The van der Waals surface area contributed by atoms with Gasteiger partial charge in [0.1, 0.15) is 18.1 Å². The highest BCUT2D eigenvalue weighted by atomic mass is 32.2. The van der Waals surface area contributed by atoms with E-state index in [1.54, 1.807) is 18.7 Å². The van der Waals surface area contributed by atoms with Crippen molar-refractivity contribution in [2.45, 2.75) is 95.1 Å². The smallest absolute Gasteiger partial charge is 0.326 e. The van der Waals surface area contributed by atoms with Gasteiger partial charge in [-0.15, -0.1) is 0 Å². The van der Waals surface area contributed by atoms with Gasteiger partial charge in [0, 0.05) is 18.1 Å². The zero-order chi connectivity index (χ0) is 38.8. The normalized spacial score (nSPS) is 17.2. The fourth-order valence-corrected chi connectivity index (χ4v) is 6.11. The van der Waals surface area contributed by atoms with Crippen molar-refractivity contribution < 1.29 is 43.7 Å². The highest BCUT2D eigenvalue weighted by Crippen LogP contribution is 2.20. The molecule has 1 aliphatic heterocycles. The molecule has 1 aliphatic rings. The summed E-state index contributed by atoms with van der Waals surface area (Å²) in [5.74, 6) is -3.73. The summed E-state index contributed by atoms with van der Waals surface area (Å²) in [5.41, 5.74) is 19.0. The van der Waals surface area contributed by atoms with Crippen molar-refractivity contribution >= 4 is 47.3 Å². The summed E-state index contributed by atoms with van der Waals surface area (Å²) in [7, 11) is 0. The Morgan fingerprint density at radius 2 is 1.52 bits per heavy atom. The minimum Gasteiger partial charge on any atom is -0.480 e. The van der Waals surface area contributed by atoms with Crippen LogP contribution in [0.25, 0.3) is 0 Å². The van der Waals surface area contributed by atoms with E-state index in [1.807, 2.05) is 74.5 Å². The van der Waals surface area contributed by atoms with Crippen molar-refractivity contribution in [3.63, 3.8) is 0 Å². The highest BCUT2D eigenvalue weighted by Gasteiger charge is 2.36. The summed E-state index contributed by atoms with van der Waals surface area (Å²) < 4.78 is 5.75. The number of aliphatic carboxylic acids is 2. The first kappa shape index (κ1) is 43.7. The Bertz CT molecular complexity index is 1470. The maximum absolute atomic E-state index is 12.8. The number of carboxylic acid groups (broad SMARTS) is 2. The quantitative estimate of drug-likeness (QED) is 0.107. The Kier molecular flexibility index (Phi) is 18.8. The molecule has 7 atom stereocenters. The average molecular weight is 745 g/mol. The molecule has 1 saturated heterocycles. The summed E-state index contributed by atoms with van der Waals surface area (Å²) in [6, 6.07) is 14.2. The van der Waals surface area contributed by atoms with Crippen LogP contribution in [0, 0.1) is 5.92 Å². The topological polar surface area (TPSA) is 257 Å². The van der Waals surface area contributed by atoms with Crippen molar-refractivity contribution in [1.82, 2.24) is 15.5 Å². The van der Waals surface area contributed by atoms with E-state index in [0.29, 0.717) is 25.1 Å². The Morgan fingerprint density at radius 3 is 2.06 bits per heavy atom. The fraction of sp³-hybridized carbons (Fsp3) is 0.500. The van der Waals surface area contributed by atoms with E-state index in [2.05, 4.69) is 10.6 Å². The number of nitrogens with two attached hydrogens (primary N) is 3. The van der Waals surface area contributed by atoms with Crippen LogP contribution in [0.5, 0.6) is 0 Å². The number of thioether (sulfide) groups is 1. The zero-order valence-corrected chi connectivity index (χ0v) is 30.6. The van der Waals surface area contributed by atoms with E-state index >= 15 is 0 Å². The molecule has 0 radical (unpaired) electrons. The van der Waals surface area contributed by atoms with Crippen LogP contribution < -0.4 is 27.8 Å². The monoisotopic (exact) mass is 744 g/mol. The van der Waals surface area contributed by atoms with Gasteiger partial charge in [0.05, 0.1) is 31.2 Å².